The van der Waals surface area contributed by atoms with Gasteiger partial charge in [-0.2, -0.15) is 0 Å². The van der Waals surface area contributed by atoms with E-state index in [2.05, 4.69) is 15.4 Å². The molecule has 8 nitrogen and oxygen atoms in total. The van der Waals surface area contributed by atoms with Gasteiger partial charge in [-0.3, -0.25) is 9.59 Å². The van der Waals surface area contributed by atoms with Gasteiger partial charge < -0.3 is 15.7 Å². The molecule has 0 bridgehead atoms. The molecule has 1 aliphatic rings. The Hall–Kier alpha value is -2.46. The zero-order valence-electron chi connectivity index (χ0n) is 19.8. The van der Waals surface area contributed by atoms with Crippen molar-refractivity contribution in [2.24, 2.45) is 0 Å². The number of hydrogen-bond acceptors (Lipinski definition) is 5. The molecule has 3 rings (SSSR count). The summed E-state index contributed by atoms with van der Waals surface area (Å²) in [7, 11) is -3.66. The van der Waals surface area contributed by atoms with Crippen LogP contribution < -0.4 is 15.4 Å². The van der Waals surface area contributed by atoms with Crippen LogP contribution >= 0.6 is 12.4 Å². The summed E-state index contributed by atoms with van der Waals surface area (Å²) in [6.07, 6.45) is 3.37. The van der Waals surface area contributed by atoms with E-state index in [0.717, 1.165) is 25.9 Å². The Labute approximate surface area is 213 Å². The number of hydrogen-bond donors (Lipinski definition) is 4. The van der Waals surface area contributed by atoms with E-state index in [0.29, 0.717) is 35.6 Å². The highest BCUT2D eigenvalue weighted by atomic mass is 35.5. The molecule has 1 heterocycles. The topological polar surface area (TPSA) is 125 Å². The van der Waals surface area contributed by atoms with Crippen molar-refractivity contribution in [2.45, 2.75) is 51.0 Å². The molecule has 0 aromatic heterocycles. The molecule has 192 valence electrons. The average Bonchev–Trinajstić information content (AvgIpc) is 2.84. The van der Waals surface area contributed by atoms with Crippen LogP contribution in [0.25, 0.3) is 0 Å². The van der Waals surface area contributed by atoms with Gasteiger partial charge >= 0.3 is 5.97 Å². The van der Waals surface area contributed by atoms with Gasteiger partial charge in [0.15, 0.2) is 0 Å². The quantitative estimate of drug-likeness (QED) is 0.357. The Morgan fingerprint density at radius 2 is 1.69 bits per heavy atom. The Bertz CT molecular complexity index is 1070. The van der Waals surface area contributed by atoms with Crippen LogP contribution in [0.2, 0.25) is 0 Å². The highest BCUT2D eigenvalue weighted by molar-refractivity contribution is 7.89. The molecule has 0 saturated carbocycles. The second kappa shape index (κ2) is 13.6. The van der Waals surface area contributed by atoms with Gasteiger partial charge in [0.05, 0.1) is 5.75 Å². The molecule has 1 atom stereocenters. The summed E-state index contributed by atoms with van der Waals surface area (Å²) in [5, 5.41) is 15.6. The summed E-state index contributed by atoms with van der Waals surface area (Å²) in [6, 6.07) is 13.2. The van der Waals surface area contributed by atoms with E-state index in [4.69, 9.17) is 0 Å². The zero-order chi connectivity index (χ0) is 24.6. The number of nitrogens with one attached hydrogen (secondary N) is 3. The molecule has 2 aromatic rings. The molecule has 4 N–H and O–H groups in total. The molecular formula is C25H34ClN3O5S. The Balaban J connectivity index is 0.00000432. The highest BCUT2D eigenvalue weighted by Crippen LogP contribution is 2.25. The largest absolute Gasteiger partial charge is 0.480 e. The van der Waals surface area contributed by atoms with Gasteiger partial charge in [0, 0.05) is 11.3 Å². The number of sulfonamides is 1. The van der Waals surface area contributed by atoms with Gasteiger partial charge in [-0.15, -0.1) is 12.4 Å². The fraction of sp³-hybridized carbons (Fsp3) is 0.440. The van der Waals surface area contributed by atoms with Crippen LogP contribution in [0.3, 0.4) is 0 Å². The molecule has 1 aliphatic heterocycles. The van der Waals surface area contributed by atoms with Crippen molar-refractivity contribution in [1.29, 1.82) is 0 Å². The molecule has 10 heteroatoms. The minimum absolute atomic E-state index is 0. The van der Waals surface area contributed by atoms with Crippen molar-refractivity contribution < 1.29 is 23.1 Å². The molecule has 0 radical (unpaired) electrons. The number of benzene rings is 2. The number of rotatable bonds is 11. The lowest BCUT2D eigenvalue weighted by Crippen LogP contribution is -2.43. The summed E-state index contributed by atoms with van der Waals surface area (Å²) in [6.45, 7) is 3.90. The Kier molecular flexibility index (Phi) is 11.2. The lowest BCUT2D eigenvalue weighted by Gasteiger charge is -2.23. The maximum Gasteiger partial charge on any atom is 0.322 e. The standard InChI is InChI=1S/C25H33N3O5S.ClH/c1-2-3-16-34(32,33)28-23(25(30)31)17-18-4-10-22(11-5-18)27-24(29)21-8-6-19(7-9-21)20-12-14-26-15-13-20;/h4-11,20,23,26,28H,2-3,12-17H2,1H3,(H,27,29)(H,30,31);1H. The SMILES string of the molecule is CCCCS(=O)(=O)NC(Cc1ccc(NC(=O)c2ccc(C3CCNCC3)cc2)cc1)C(=O)O.Cl. The fourth-order valence-corrected chi connectivity index (χ4v) is 5.42. The first-order chi connectivity index (χ1) is 16.3. The van der Waals surface area contributed by atoms with Crippen LogP contribution in [-0.2, 0) is 21.2 Å². The smallest absolute Gasteiger partial charge is 0.322 e. The molecule has 35 heavy (non-hydrogen) atoms. The summed E-state index contributed by atoms with van der Waals surface area (Å²) in [5.41, 5.74) is 3.04. The molecule has 0 aliphatic carbocycles. The number of carboxylic acid groups (broad SMARTS) is 1. The fourth-order valence-electron chi connectivity index (χ4n) is 4.01. The number of piperidine rings is 1. The molecular weight excluding hydrogens is 490 g/mol. The first-order valence-corrected chi connectivity index (χ1v) is 13.4. The van der Waals surface area contributed by atoms with Gasteiger partial charge in [-0.05, 0) is 80.1 Å². The number of carbonyl (C=O) groups excluding carboxylic acids is 1. The third kappa shape index (κ3) is 8.92. The number of aliphatic carboxylic acids is 1. The van der Waals surface area contributed by atoms with Crippen LogP contribution in [0.15, 0.2) is 48.5 Å². The van der Waals surface area contributed by atoms with E-state index in [1.807, 2.05) is 31.2 Å². The normalized spacial score (nSPS) is 15.1. The van der Waals surface area contributed by atoms with Gasteiger partial charge in [-0.25, -0.2) is 13.1 Å². The van der Waals surface area contributed by atoms with Crippen molar-refractivity contribution >= 4 is 40.0 Å². The van der Waals surface area contributed by atoms with E-state index in [1.165, 1.54) is 5.56 Å². The van der Waals surface area contributed by atoms with Gasteiger partial charge in [0.1, 0.15) is 6.04 Å². The van der Waals surface area contributed by atoms with Crippen LogP contribution in [0.1, 0.15) is 60.0 Å². The van der Waals surface area contributed by atoms with Crippen LogP contribution in [-0.4, -0.2) is 50.3 Å². The number of amides is 1. The summed E-state index contributed by atoms with van der Waals surface area (Å²) in [4.78, 5) is 24.2. The van der Waals surface area contributed by atoms with Crippen molar-refractivity contribution in [3.8, 4) is 0 Å². The van der Waals surface area contributed by atoms with Gasteiger partial charge in [0.25, 0.3) is 5.91 Å². The monoisotopic (exact) mass is 523 g/mol. The third-order valence-electron chi connectivity index (χ3n) is 6.02. The summed E-state index contributed by atoms with van der Waals surface area (Å²) in [5.74, 6) is -1.03. The number of carbonyl (C=O) groups is 2. The van der Waals surface area contributed by atoms with Crippen molar-refractivity contribution in [3.63, 3.8) is 0 Å². The molecule has 1 fully saturated rings. The van der Waals surface area contributed by atoms with Crippen molar-refractivity contribution in [3.05, 3.63) is 65.2 Å². The van der Waals surface area contributed by atoms with Gasteiger partial charge in [-0.1, -0.05) is 37.6 Å². The molecule has 1 amide bonds. The second-order valence-electron chi connectivity index (χ2n) is 8.68. The number of halogens is 1. The van der Waals surface area contributed by atoms with Crippen LogP contribution in [0.4, 0.5) is 5.69 Å². The van der Waals surface area contributed by atoms with E-state index >= 15 is 0 Å². The summed E-state index contributed by atoms with van der Waals surface area (Å²) < 4.78 is 26.5. The number of anilines is 1. The number of unbranched alkanes of at least 4 members (excludes halogenated alkanes) is 1. The van der Waals surface area contributed by atoms with Crippen LogP contribution in [0, 0.1) is 0 Å². The molecule has 1 saturated heterocycles. The highest BCUT2D eigenvalue weighted by Gasteiger charge is 2.24. The number of carboxylic acids is 1. The van der Waals surface area contributed by atoms with Crippen molar-refractivity contribution in [2.75, 3.05) is 24.2 Å². The molecule has 1 unspecified atom stereocenters. The molecule has 0 spiro atoms. The van der Waals surface area contributed by atoms with E-state index in [-0.39, 0.29) is 30.5 Å². The maximum atomic E-state index is 12.6. The van der Waals surface area contributed by atoms with E-state index in [1.54, 1.807) is 24.3 Å². The van der Waals surface area contributed by atoms with Gasteiger partial charge in [0.2, 0.25) is 10.0 Å². The predicted octanol–water partition coefficient (Wildman–Crippen LogP) is 3.54. The molecule has 2 aromatic carbocycles. The van der Waals surface area contributed by atoms with Crippen LogP contribution in [0.5, 0.6) is 0 Å². The average molecular weight is 524 g/mol. The second-order valence-corrected chi connectivity index (χ2v) is 10.6. The van der Waals surface area contributed by atoms with E-state index < -0.39 is 22.0 Å². The Morgan fingerprint density at radius 3 is 2.26 bits per heavy atom. The Morgan fingerprint density at radius 1 is 1.06 bits per heavy atom. The minimum Gasteiger partial charge on any atom is -0.480 e. The summed E-state index contributed by atoms with van der Waals surface area (Å²) >= 11 is 0. The first-order valence-electron chi connectivity index (χ1n) is 11.7. The minimum atomic E-state index is -3.66. The lowest BCUT2D eigenvalue weighted by molar-refractivity contribution is -0.138. The maximum absolute atomic E-state index is 12.6. The third-order valence-corrected chi connectivity index (χ3v) is 7.49. The van der Waals surface area contributed by atoms with Crippen molar-refractivity contribution in [1.82, 2.24) is 10.0 Å². The first kappa shape index (κ1) is 28.8. The lowest BCUT2D eigenvalue weighted by atomic mass is 9.90. The zero-order valence-corrected chi connectivity index (χ0v) is 21.5. The van der Waals surface area contributed by atoms with E-state index in [9.17, 15) is 23.1 Å². The predicted molar refractivity (Wildman–Crippen MR) is 140 cm³/mol.